The zero-order chi connectivity index (χ0) is 27.7. The number of nitrogens with one attached hydrogen (secondary N) is 1. The maximum absolute atomic E-state index is 12.9. The van der Waals surface area contributed by atoms with Gasteiger partial charge in [-0.15, -0.1) is 0 Å². The van der Waals surface area contributed by atoms with Gasteiger partial charge in [-0.25, -0.2) is 4.98 Å². The van der Waals surface area contributed by atoms with Crippen molar-refractivity contribution >= 4 is 28.4 Å². The summed E-state index contributed by atoms with van der Waals surface area (Å²) in [4.78, 5) is 28.4. The molecule has 1 amide bonds. The van der Waals surface area contributed by atoms with Gasteiger partial charge in [-0.2, -0.15) is 0 Å². The van der Waals surface area contributed by atoms with Crippen LogP contribution in [0.15, 0.2) is 69.5 Å². The second-order valence-electron chi connectivity index (χ2n) is 8.51. The summed E-state index contributed by atoms with van der Waals surface area (Å²) < 4.78 is 27.8. The normalized spacial score (nSPS) is 10.9. The van der Waals surface area contributed by atoms with Gasteiger partial charge in [-0.05, 0) is 61.0 Å². The Bertz CT molecular complexity index is 1690. The monoisotopic (exact) mass is 529 g/mol. The number of fused-ring (bicyclic) bond motifs is 1. The van der Waals surface area contributed by atoms with Crippen LogP contribution >= 0.6 is 0 Å². The van der Waals surface area contributed by atoms with E-state index in [-0.39, 0.29) is 22.8 Å². The third kappa shape index (κ3) is 4.85. The Morgan fingerprint density at radius 3 is 2.33 bits per heavy atom. The van der Waals surface area contributed by atoms with Gasteiger partial charge in [-0.1, -0.05) is 6.07 Å². The predicted octanol–water partition coefficient (Wildman–Crippen LogP) is 6.25. The summed E-state index contributed by atoms with van der Waals surface area (Å²) in [7, 11) is 4.56. The van der Waals surface area contributed by atoms with Crippen molar-refractivity contribution in [3.05, 3.63) is 82.1 Å². The first-order valence-corrected chi connectivity index (χ1v) is 11.7. The molecule has 0 aliphatic carbocycles. The van der Waals surface area contributed by atoms with Crippen LogP contribution < -0.4 is 19.5 Å². The van der Waals surface area contributed by atoms with Gasteiger partial charge in [0.05, 0.1) is 31.8 Å². The van der Waals surface area contributed by atoms with E-state index in [2.05, 4.69) is 10.3 Å². The quantitative estimate of drug-likeness (QED) is 0.182. The predicted molar refractivity (Wildman–Crippen MR) is 143 cm³/mol. The van der Waals surface area contributed by atoms with Crippen LogP contribution in [0.5, 0.6) is 17.2 Å². The van der Waals surface area contributed by atoms with Crippen molar-refractivity contribution in [3.8, 4) is 40.0 Å². The first kappa shape index (κ1) is 25.3. The van der Waals surface area contributed by atoms with E-state index in [1.165, 1.54) is 39.5 Å². The molecule has 3 aromatic carbocycles. The first-order valence-electron chi connectivity index (χ1n) is 11.7. The van der Waals surface area contributed by atoms with Crippen LogP contribution in [0.3, 0.4) is 0 Å². The number of ether oxygens (including phenoxy) is 3. The Balaban J connectivity index is 1.40. The SMILES string of the molecule is COc1cc(-c2nc3cc(NC(=O)c4ccc(-c5ccc(C)cc5[N+](=O)[O-])o4)ccc3o2)cc(OC)c1OC. The number of oxazole rings is 1. The Morgan fingerprint density at radius 1 is 0.923 bits per heavy atom. The standard InChI is InChI=1S/C28H23N3O8/c1-15-5-7-18(20(11-15)31(33)34)21-9-10-23(38-21)27(32)29-17-6-8-22-19(14-17)30-28(39-22)16-12-24(35-2)26(37-4)25(13-16)36-3/h5-14H,1-4H3,(H,29,32). The van der Waals surface area contributed by atoms with Crippen LogP contribution in [0.2, 0.25) is 0 Å². The number of rotatable bonds is 8. The molecular formula is C28H23N3O8. The van der Waals surface area contributed by atoms with Crippen LogP contribution in [0.4, 0.5) is 11.4 Å². The summed E-state index contributed by atoms with van der Waals surface area (Å²) in [5.74, 6) is 1.37. The summed E-state index contributed by atoms with van der Waals surface area (Å²) in [6.07, 6.45) is 0. The number of nitrogens with zero attached hydrogens (tertiary/aromatic N) is 2. The summed E-state index contributed by atoms with van der Waals surface area (Å²) >= 11 is 0. The summed E-state index contributed by atoms with van der Waals surface area (Å²) in [6.45, 7) is 1.76. The van der Waals surface area contributed by atoms with Crippen molar-refractivity contribution < 1.29 is 32.8 Å². The fraction of sp³-hybridized carbons (Fsp3) is 0.143. The summed E-state index contributed by atoms with van der Waals surface area (Å²) in [6, 6.07) is 16.2. The van der Waals surface area contributed by atoms with E-state index in [0.29, 0.717) is 45.5 Å². The number of aromatic nitrogens is 1. The molecule has 0 radical (unpaired) electrons. The minimum absolute atomic E-state index is 0.00163. The second kappa shape index (κ2) is 10.2. The molecule has 198 valence electrons. The molecule has 0 aliphatic rings. The highest BCUT2D eigenvalue weighted by molar-refractivity contribution is 6.03. The highest BCUT2D eigenvalue weighted by Crippen LogP contribution is 2.41. The lowest BCUT2D eigenvalue weighted by Crippen LogP contribution is -2.10. The summed E-state index contributed by atoms with van der Waals surface area (Å²) in [5, 5.41) is 14.2. The van der Waals surface area contributed by atoms with E-state index < -0.39 is 10.8 Å². The van der Waals surface area contributed by atoms with Gasteiger partial charge in [0, 0.05) is 17.3 Å². The molecule has 1 N–H and O–H groups in total. The van der Waals surface area contributed by atoms with Gasteiger partial charge in [-0.3, -0.25) is 14.9 Å². The van der Waals surface area contributed by atoms with Gasteiger partial charge in [0.25, 0.3) is 11.6 Å². The van der Waals surface area contributed by atoms with E-state index in [1.54, 1.807) is 49.4 Å². The second-order valence-corrected chi connectivity index (χ2v) is 8.51. The molecule has 39 heavy (non-hydrogen) atoms. The molecule has 0 bridgehead atoms. The number of carbonyl (C=O) groups is 1. The Kier molecular flexibility index (Phi) is 6.63. The average Bonchev–Trinajstić information content (AvgIpc) is 3.59. The van der Waals surface area contributed by atoms with Gasteiger partial charge < -0.3 is 28.4 Å². The number of methoxy groups -OCH3 is 3. The average molecular weight is 530 g/mol. The zero-order valence-electron chi connectivity index (χ0n) is 21.4. The fourth-order valence-electron chi connectivity index (χ4n) is 4.13. The first-order chi connectivity index (χ1) is 18.8. The lowest BCUT2D eigenvalue weighted by Gasteiger charge is -2.12. The number of nitro groups is 1. The zero-order valence-corrected chi connectivity index (χ0v) is 21.4. The minimum Gasteiger partial charge on any atom is -0.493 e. The van der Waals surface area contributed by atoms with Crippen LogP contribution in [-0.2, 0) is 0 Å². The molecule has 11 nitrogen and oxygen atoms in total. The van der Waals surface area contributed by atoms with Crippen molar-refractivity contribution in [3.63, 3.8) is 0 Å². The van der Waals surface area contributed by atoms with E-state index in [9.17, 15) is 14.9 Å². The van der Waals surface area contributed by atoms with Crippen LogP contribution in [-0.4, -0.2) is 37.1 Å². The third-order valence-corrected chi connectivity index (χ3v) is 6.00. The van der Waals surface area contributed by atoms with E-state index in [0.717, 1.165) is 5.56 Å². The Morgan fingerprint density at radius 2 is 1.67 bits per heavy atom. The molecule has 0 aliphatic heterocycles. The number of benzene rings is 3. The number of carbonyl (C=O) groups excluding carboxylic acids is 1. The van der Waals surface area contributed by atoms with E-state index in [4.69, 9.17) is 23.0 Å². The molecule has 0 spiro atoms. The van der Waals surface area contributed by atoms with Gasteiger partial charge in [0.1, 0.15) is 11.3 Å². The number of aryl methyl sites for hydroxylation is 1. The van der Waals surface area contributed by atoms with Gasteiger partial charge in [0.2, 0.25) is 11.6 Å². The van der Waals surface area contributed by atoms with E-state index >= 15 is 0 Å². The van der Waals surface area contributed by atoms with Crippen LogP contribution in [0, 0.1) is 17.0 Å². The maximum Gasteiger partial charge on any atom is 0.291 e. The number of hydrogen-bond acceptors (Lipinski definition) is 9. The summed E-state index contributed by atoms with van der Waals surface area (Å²) in [5.41, 5.74) is 3.00. The number of amides is 1. The number of anilines is 1. The lowest BCUT2D eigenvalue weighted by molar-refractivity contribution is -0.384. The maximum atomic E-state index is 12.9. The minimum atomic E-state index is -0.524. The largest absolute Gasteiger partial charge is 0.493 e. The molecule has 0 saturated carbocycles. The van der Waals surface area contributed by atoms with Crippen LogP contribution in [0.25, 0.3) is 33.9 Å². The topological polar surface area (TPSA) is 139 Å². The number of furan rings is 1. The Labute approximate surface area is 222 Å². The van der Waals surface area contributed by atoms with E-state index in [1.807, 2.05) is 0 Å². The van der Waals surface area contributed by atoms with Crippen LogP contribution in [0.1, 0.15) is 16.1 Å². The fourth-order valence-corrected chi connectivity index (χ4v) is 4.13. The Hall–Kier alpha value is -5.32. The molecule has 0 atom stereocenters. The molecule has 0 fully saturated rings. The third-order valence-electron chi connectivity index (χ3n) is 6.00. The smallest absolute Gasteiger partial charge is 0.291 e. The van der Waals surface area contributed by atoms with Crippen molar-refractivity contribution in [2.24, 2.45) is 0 Å². The molecule has 2 heterocycles. The van der Waals surface area contributed by atoms with Crippen molar-refractivity contribution in [2.45, 2.75) is 6.92 Å². The molecule has 11 heteroatoms. The molecule has 5 rings (SSSR count). The van der Waals surface area contributed by atoms with Crippen molar-refractivity contribution in [2.75, 3.05) is 26.6 Å². The van der Waals surface area contributed by atoms with Gasteiger partial charge >= 0.3 is 0 Å². The molecule has 2 aromatic heterocycles. The van der Waals surface area contributed by atoms with Crippen molar-refractivity contribution in [1.29, 1.82) is 0 Å². The highest BCUT2D eigenvalue weighted by Gasteiger charge is 2.21. The lowest BCUT2D eigenvalue weighted by atomic mass is 10.1. The molecule has 0 saturated heterocycles. The molecule has 0 unspecified atom stereocenters. The van der Waals surface area contributed by atoms with Crippen molar-refractivity contribution in [1.82, 2.24) is 4.98 Å². The molecular weight excluding hydrogens is 506 g/mol. The van der Waals surface area contributed by atoms with Gasteiger partial charge in [0.15, 0.2) is 22.8 Å². The highest BCUT2D eigenvalue weighted by atomic mass is 16.6. The number of hydrogen-bond donors (Lipinski definition) is 1. The molecule has 5 aromatic rings. The number of nitro benzene ring substituents is 1.